The van der Waals surface area contributed by atoms with Gasteiger partial charge in [0.15, 0.2) is 0 Å². The van der Waals surface area contributed by atoms with Gasteiger partial charge in [-0.25, -0.2) is 0 Å². The van der Waals surface area contributed by atoms with E-state index in [1.54, 1.807) is 7.11 Å². The number of benzene rings is 1. The molecule has 3 nitrogen and oxygen atoms in total. The van der Waals surface area contributed by atoms with Gasteiger partial charge in [0, 0.05) is 36.5 Å². The average Bonchev–Trinajstić information content (AvgIpc) is 3.06. The van der Waals surface area contributed by atoms with Crippen LogP contribution >= 0.6 is 11.3 Å². The lowest BCUT2D eigenvalue weighted by atomic mass is 10.1. The fourth-order valence-electron chi connectivity index (χ4n) is 2.97. The summed E-state index contributed by atoms with van der Waals surface area (Å²) in [5.74, 6) is 0. The van der Waals surface area contributed by atoms with Crippen LogP contribution in [0.25, 0.3) is 10.4 Å². The van der Waals surface area contributed by atoms with Gasteiger partial charge in [-0.1, -0.05) is 30.3 Å². The van der Waals surface area contributed by atoms with Gasteiger partial charge in [0.25, 0.3) is 0 Å². The molecule has 0 bridgehead atoms. The van der Waals surface area contributed by atoms with Crippen LogP contribution in [0.4, 0.5) is 0 Å². The molecule has 1 aromatic carbocycles. The Morgan fingerprint density at radius 1 is 1.04 bits per heavy atom. The van der Waals surface area contributed by atoms with Gasteiger partial charge >= 0.3 is 0 Å². The summed E-state index contributed by atoms with van der Waals surface area (Å²) in [6.07, 6.45) is 2.66. The molecule has 4 heteroatoms. The molecule has 1 aliphatic heterocycles. The minimum atomic E-state index is 0.407. The first-order valence-corrected chi connectivity index (χ1v) is 9.14. The maximum Gasteiger partial charge on any atom is 0.0704 e. The predicted molar refractivity (Wildman–Crippen MR) is 95.9 cm³/mol. The van der Waals surface area contributed by atoms with Crippen LogP contribution in [0.2, 0.25) is 0 Å². The highest BCUT2D eigenvalue weighted by atomic mass is 32.1. The van der Waals surface area contributed by atoms with E-state index < -0.39 is 0 Å². The van der Waals surface area contributed by atoms with Crippen LogP contribution in [-0.2, 0) is 16.0 Å². The molecule has 1 aliphatic rings. The van der Waals surface area contributed by atoms with Crippen molar-refractivity contribution >= 4 is 11.3 Å². The first kappa shape index (κ1) is 16.7. The Morgan fingerprint density at radius 3 is 2.57 bits per heavy atom. The maximum absolute atomic E-state index is 5.83. The quantitative estimate of drug-likeness (QED) is 0.715. The maximum atomic E-state index is 5.83. The van der Waals surface area contributed by atoms with Crippen molar-refractivity contribution < 1.29 is 9.47 Å². The fourth-order valence-corrected chi connectivity index (χ4v) is 4.03. The number of piperidine rings is 1. The summed E-state index contributed by atoms with van der Waals surface area (Å²) in [6, 6.07) is 15.1. The van der Waals surface area contributed by atoms with Crippen molar-refractivity contribution in [2.24, 2.45) is 0 Å². The summed E-state index contributed by atoms with van der Waals surface area (Å²) in [6.45, 7) is 4.71. The molecular weight excluding hydrogens is 306 g/mol. The summed E-state index contributed by atoms with van der Waals surface area (Å²) in [5.41, 5.74) is 1.31. The van der Waals surface area contributed by atoms with Gasteiger partial charge in [-0.3, -0.25) is 4.90 Å². The summed E-state index contributed by atoms with van der Waals surface area (Å²) in [5, 5.41) is 0. The standard InChI is InChI=1S/C19H25NO2S/c1-21-13-14-22-17-9-11-20(12-10-17)15-18-7-8-19(23-18)16-5-3-2-4-6-16/h2-8,17H,9-15H2,1H3. The lowest BCUT2D eigenvalue weighted by Gasteiger charge is -2.31. The zero-order chi connectivity index (χ0) is 15.9. The summed E-state index contributed by atoms with van der Waals surface area (Å²) >= 11 is 1.91. The number of methoxy groups -OCH3 is 1. The van der Waals surface area contributed by atoms with Crippen molar-refractivity contribution in [1.82, 2.24) is 4.90 Å². The number of likely N-dealkylation sites (tertiary alicyclic amines) is 1. The molecule has 1 aromatic heterocycles. The number of thiophene rings is 1. The summed E-state index contributed by atoms with van der Waals surface area (Å²) < 4.78 is 10.9. The summed E-state index contributed by atoms with van der Waals surface area (Å²) in [4.78, 5) is 5.34. The van der Waals surface area contributed by atoms with Crippen LogP contribution in [0, 0.1) is 0 Å². The number of hydrogen-bond acceptors (Lipinski definition) is 4. The lowest BCUT2D eigenvalue weighted by Crippen LogP contribution is -2.36. The van der Waals surface area contributed by atoms with Crippen LogP contribution < -0.4 is 0 Å². The third kappa shape index (κ3) is 4.88. The largest absolute Gasteiger partial charge is 0.382 e. The van der Waals surface area contributed by atoms with Crippen molar-refractivity contribution in [1.29, 1.82) is 0 Å². The molecule has 2 heterocycles. The van der Waals surface area contributed by atoms with E-state index in [0.29, 0.717) is 19.3 Å². The highest BCUT2D eigenvalue weighted by molar-refractivity contribution is 7.15. The van der Waals surface area contributed by atoms with Crippen molar-refractivity contribution in [3.05, 3.63) is 47.3 Å². The van der Waals surface area contributed by atoms with Gasteiger partial charge < -0.3 is 9.47 Å². The van der Waals surface area contributed by atoms with E-state index in [1.165, 1.54) is 15.3 Å². The Labute approximate surface area is 142 Å². The number of hydrogen-bond donors (Lipinski definition) is 0. The third-order valence-electron chi connectivity index (χ3n) is 4.28. The molecular formula is C19H25NO2S. The third-order valence-corrected chi connectivity index (χ3v) is 5.39. The van der Waals surface area contributed by atoms with E-state index in [2.05, 4.69) is 47.4 Å². The van der Waals surface area contributed by atoms with E-state index in [-0.39, 0.29) is 0 Å². The Morgan fingerprint density at radius 2 is 1.83 bits per heavy atom. The van der Waals surface area contributed by atoms with E-state index in [1.807, 2.05) is 11.3 Å². The molecule has 0 atom stereocenters. The predicted octanol–water partition coefficient (Wildman–Crippen LogP) is 4.04. The summed E-state index contributed by atoms with van der Waals surface area (Å²) in [7, 11) is 1.72. The second kappa shape index (κ2) is 8.60. The van der Waals surface area contributed by atoms with Gasteiger partial charge in [0.2, 0.25) is 0 Å². The Balaban J connectivity index is 1.47. The second-order valence-electron chi connectivity index (χ2n) is 5.97. The normalized spacial score (nSPS) is 16.7. The molecule has 3 rings (SSSR count). The molecule has 0 N–H and O–H groups in total. The smallest absolute Gasteiger partial charge is 0.0704 e. The molecule has 0 spiro atoms. The highest BCUT2D eigenvalue weighted by Gasteiger charge is 2.20. The van der Waals surface area contributed by atoms with Crippen LogP contribution in [0.3, 0.4) is 0 Å². The van der Waals surface area contributed by atoms with Gasteiger partial charge in [-0.2, -0.15) is 0 Å². The van der Waals surface area contributed by atoms with E-state index >= 15 is 0 Å². The van der Waals surface area contributed by atoms with Gasteiger partial charge in [0.05, 0.1) is 19.3 Å². The zero-order valence-corrected chi connectivity index (χ0v) is 14.6. The van der Waals surface area contributed by atoms with Crippen molar-refractivity contribution in [3.8, 4) is 10.4 Å². The molecule has 0 saturated carbocycles. The molecule has 0 amide bonds. The first-order chi connectivity index (χ1) is 11.3. The topological polar surface area (TPSA) is 21.7 Å². The first-order valence-electron chi connectivity index (χ1n) is 8.32. The number of rotatable bonds is 7. The average molecular weight is 331 g/mol. The SMILES string of the molecule is COCCOC1CCN(Cc2ccc(-c3ccccc3)s2)CC1. The molecule has 0 unspecified atom stereocenters. The number of ether oxygens (including phenoxy) is 2. The molecule has 23 heavy (non-hydrogen) atoms. The van der Waals surface area contributed by atoms with Gasteiger partial charge in [0.1, 0.15) is 0 Å². The van der Waals surface area contributed by atoms with Crippen molar-refractivity contribution in [2.45, 2.75) is 25.5 Å². The minimum Gasteiger partial charge on any atom is -0.382 e. The van der Waals surface area contributed by atoms with E-state index in [4.69, 9.17) is 9.47 Å². The Kier molecular flexibility index (Phi) is 6.22. The Bertz CT molecular complexity index is 576. The lowest BCUT2D eigenvalue weighted by molar-refractivity contribution is -0.0156. The monoisotopic (exact) mass is 331 g/mol. The van der Waals surface area contributed by atoms with Crippen LogP contribution in [-0.4, -0.2) is 44.4 Å². The van der Waals surface area contributed by atoms with E-state index in [9.17, 15) is 0 Å². The Hall–Kier alpha value is -1.20. The van der Waals surface area contributed by atoms with E-state index in [0.717, 1.165) is 32.5 Å². The van der Waals surface area contributed by atoms with Crippen molar-refractivity contribution in [3.63, 3.8) is 0 Å². The highest BCUT2D eigenvalue weighted by Crippen LogP contribution is 2.29. The minimum absolute atomic E-state index is 0.407. The second-order valence-corrected chi connectivity index (χ2v) is 7.14. The molecule has 0 radical (unpaired) electrons. The molecule has 0 aliphatic carbocycles. The van der Waals surface area contributed by atoms with Crippen molar-refractivity contribution in [2.75, 3.05) is 33.4 Å². The fraction of sp³-hybridized carbons (Fsp3) is 0.474. The molecule has 1 fully saturated rings. The van der Waals surface area contributed by atoms with Gasteiger partial charge in [-0.05, 0) is 30.5 Å². The zero-order valence-electron chi connectivity index (χ0n) is 13.7. The molecule has 124 valence electrons. The molecule has 1 saturated heterocycles. The molecule has 2 aromatic rings. The van der Waals surface area contributed by atoms with Crippen LogP contribution in [0.5, 0.6) is 0 Å². The van der Waals surface area contributed by atoms with Gasteiger partial charge in [-0.15, -0.1) is 11.3 Å². The van der Waals surface area contributed by atoms with Crippen LogP contribution in [0.1, 0.15) is 17.7 Å². The number of nitrogens with zero attached hydrogens (tertiary/aromatic N) is 1. The van der Waals surface area contributed by atoms with Crippen LogP contribution in [0.15, 0.2) is 42.5 Å².